The molecule has 2 amide bonds. The Kier molecular flexibility index (Phi) is 10.2. The number of amides is 2. The zero-order valence-corrected chi connectivity index (χ0v) is 22.9. The molecule has 0 saturated carbocycles. The summed E-state index contributed by atoms with van der Waals surface area (Å²) in [6.07, 6.45) is 1.22. The first kappa shape index (κ1) is 28.3. The predicted octanol–water partition coefficient (Wildman–Crippen LogP) is 6.36. The van der Waals surface area contributed by atoms with Crippen LogP contribution in [0.4, 0.5) is 0 Å². The Morgan fingerprint density at radius 3 is 2.27 bits per heavy atom. The van der Waals surface area contributed by atoms with Crippen LogP contribution in [0, 0.1) is 6.92 Å². The number of hydrogen-bond acceptors (Lipinski definition) is 3. The third kappa shape index (κ3) is 9.58. The molecule has 3 rings (SSSR count). The number of rotatable bonds is 11. The lowest BCUT2D eigenvalue weighted by molar-refractivity contribution is -0.142. The molecule has 0 heterocycles. The first-order valence-corrected chi connectivity index (χ1v) is 13.1. The fourth-order valence-electron chi connectivity index (χ4n) is 4.03. The van der Waals surface area contributed by atoms with Crippen LogP contribution in [0.15, 0.2) is 78.9 Å². The molecule has 3 aromatic carbocycles. The number of carbonyl (C=O) groups is 2. The summed E-state index contributed by atoms with van der Waals surface area (Å²) >= 11 is 6.24. The molecule has 3 aromatic rings. The Hall–Kier alpha value is -3.31. The normalized spacial score (nSPS) is 12.0. The zero-order chi connectivity index (χ0) is 26.8. The maximum absolute atomic E-state index is 13.6. The highest BCUT2D eigenvalue weighted by atomic mass is 35.5. The predicted molar refractivity (Wildman–Crippen MR) is 150 cm³/mol. The third-order valence-corrected chi connectivity index (χ3v) is 6.07. The van der Waals surface area contributed by atoms with Gasteiger partial charge in [-0.1, -0.05) is 71.8 Å². The van der Waals surface area contributed by atoms with E-state index < -0.39 is 11.6 Å². The molecule has 0 bridgehead atoms. The molecule has 0 aliphatic heterocycles. The molecule has 0 aromatic heterocycles. The quantitative estimate of drug-likeness (QED) is 0.299. The van der Waals surface area contributed by atoms with E-state index in [0.717, 1.165) is 22.4 Å². The molecule has 1 atom stereocenters. The molecule has 0 aliphatic rings. The maximum atomic E-state index is 13.6. The van der Waals surface area contributed by atoms with Crippen LogP contribution in [-0.2, 0) is 22.6 Å². The van der Waals surface area contributed by atoms with E-state index in [4.69, 9.17) is 16.3 Å². The summed E-state index contributed by atoms with van der Waals surface area (Å²) in [5, 5.41) is 3.67. The van der Waals surface area contributed by atoms with Gasteiger partial charge in [-0.15, -0.1) is 0 Å². The molecule has 1 unspecified atom stereocenters. The van der Waals surface area contributed by atoms with Crippen molar-refractivity contribution in [2.45, 2.75) is 65.1 Å². The monoisotopic (exact) mass is 520 g/mol. The molecule has 0 radical (unpaired) electrons. The van der Waals surface area contributed by atoms with Crippen molar-refractivity contribution in [2.75, 3.05) is 6.61 Å². The van der Waals surface area contributed by atoms with Gasteiger partial charge in [-0.2, -0.15) is 0 Å². The zero-order valence-electron chi connectivity index (χ0n) is 22.2. The van der Waals surface area contributed by atoms with Crippen molar-refractivity contribution in [1.29, 1.82) is 0 Å². The van der Waals surface area contributed by atoms with Crippen LogP contribution in [0.3, 0.4) is 0 Å². The Balaban J connectivity index is 1.81. The lowest BCUT2D eigenvalue weighted by Crippen LogP contribution is -2.54. The second-order valence-corrected chi connectivity index (χ2v) is 10.8. The summed E-state index contributed by atoms with van der Waals surface area (Å²) in [7, 11) is 0. The van der Waals surface area contributed by atoms with Crippen LogP contribution in [0.5, 0.6) is 5.75 Å². The summed E-state index contributed by atoms with van der Waals surface area (Å²) in [5.74, 6) is 0.500. The number of carbonyl (C=O) groups excluding carboxylic acids is 2. The van der Waals surface area contributed by atoms with Gasteiger partial charge in [0.05, 0.1) is 6.61 Å². The van der Waals surface area contributed by atoms with Crippen LogP contribution in [0.2, 0.25) is 5.02 Å². The lowest BCUT2D eigenvalue weighted by atomic mass is 10.00. The van der Waals surface area contributed by atoms with Crippen LogP contribution >= 0.6 is 11.6 Å². The molecular formula is C31H37ClN2O3. The van der Waals surface area contributed by atoms with Crippen molar-refractivity contribution in [1.82, 2.24) is 10.2 Å². The van der Waals surface area contributed by atoms with E-state index in [-0.39, 0.29) is 24.8 Å². The maximum Gasteiger partial charge on any atom is 0.243 e. The van der Waals surface area contributed by atoms with Crippen LogP contribution in [0.1, 0.15) is 50.3 Å². The highest BCUT2D eigenvalue weighted by Gasteiger charge is 2.32. The van der Waals surface area contributed by atoms with Crippen molar-refractivity contribution in [3.63, 3.8) is 0 Å². The molecule has 1 N–H and O–H groups in total. The minimum atomic E-state index is -0.675. The summed E-state index contributed by atoms with van der Waals surface area (Å²) in [6, 6.07) is 24.4. The third-order valence-electron chi connectivity index (χ3n) is 5.84. The molecule has 6 heteroatoms. The minimum Gasteiger partial charge on any atom is -0.494 e. The van der Waals surface area contributed by atoms with Crippen molar-refractivity contribution in [3.05, 3.63) is 101 Å². The largest absolute Gasteiger partial charge is 0.494 e. The van der Waals surface area contributed by atoms with Gasteiger partial charge in [0, 0.05) is 29.9 Å². The second-order valence-electron chi connectivity index (χ2n) is 10.4. The van der Waals surface area contributed by atoms with E-state index in [1.165, 1.54) is 0 Å². The number of hydrogen-bond donors (Lipinski definition) is 1. The Morgan fingerprint density at radius 1 is 0.946 bits per heavy atom. The number of nitrogens with one attached hydrogen (secondary N) is 1. The van der Waals surface area contributed by atoms with E-state index in [1.54, 1.807) is 11.0 Å². The molecule has 5 nitrogen and oxygen atoms in total. The molecule has 196 valence electrons. The van der Waals surface area contributed by atoms with Gasteiger partial charge in [0.25, 0.3) is 0 Å². The molecule has 0 saturated heterocycles. The van der Waals surface area contributed by atoms with Crippen LogP contribution in [-0.4, -0.2) is 34.9 Å². The van der Waals surface area contributed by atoms with Gasteiger partial charge in [0.1, 0.15) is 11.8 Å². The van der Waals surface area contributed by atoms with Crippen molar-refractivity contribution < 1.29 is 14.3 Å². The van der Waals surface area contributed by atoms with E-state index >= 15 is 0 Å². The van der Waals surface area contributed by atoms with Gasteiger partial charge < -0.3 is 15.0 Å². The van der Waals surface area contributed by atoms with Crippen molar-refractivity contribution in [2.24, 2.45) is 0 Å². The Morgan fingerprint density at radius 2 is 1.62 bits per heavy atom. The number of nitrogens with zero attached hydrogens (tertiary/aromatic N) is 1. The van der Waals surface area contributed by atoms with Gasteiger partial charge in [0.15, 0.2) is 0 Å². The molecular weight excluding hydrogens is 484 g/mol. The van der Waals surface area contributed by atoms with Crippen LogP contribution in [0.25, 0.3) is 0 Å². The summed E-state index contributed by atoms with van der Waals surface area (Å²) in [5.41, 5.74) is 2.59. The molecule has 0 spiro atoms. The average molecular weight is 521 g/mol. The lowest BCUT2D eigenvalue weighted by Gasteiger charge is -2.34. The van der Waals surface area contributed by atoms with E-state index in [2.05, 4.69) is 5.32 Å². The molecule has 0 fully saturated rings. The molecule has 37 heavy (non-hydrogen) atoms. The summed E-state index contributed by atoms with van der Waals surface area (Å²) in [4.78, 5) is 28.9. The summed E-state index contributed by atoms with van der Waals surface area (Å²) < 4.78 is 5.83. The topological polar surface area (TPSA) is 58.6 Å². The van der Waals surface area contributed by atoms with E-state index in [0.29, 0.717) is 24.5 Å². The van der Waals surface area contributed by atoms with Gasteiger partial charge in [-0.05, 0) is 69.5 Å². The van der Waals surface area contributed by atoms with E-state index in [9.17, 15) is 9.59 Å². The van der Waals surface area contributed by atoms with Crippen molar-refractivity contribution in [3.8, 4) is 5.75 Å². The smallest absolute Gasteiger partial charge is 0.243 e. The van der Waals surface area contributed by atoms with Gasteiger partial charge >= 0.3 is 0 Å². The average Bonchev–Trinajstić information content (AvgIpc) is 2.84. The van der Waals surface area contributed by atoms with E-state index in [1.807, 2.05) is 100 Å². The fraction of sp³-hybridized carbons (Fsp3) is 0.355. The second kappa shape index (κ2) is 13.3. The Labute approximate surface area is 225 Å². The highest BCUT2D eigenvalue weighted by Crippen LogP contribution is 2.20. The number of aryl methyl sites for hydroxylation is 1. The molecule has 0 aliphatic carbocycles. The van der Waals surface area contributed by atoms with Gasteiger partial charge in [-0.3, -0.25) is 9.59 Å². The van der Waals surface area contributed by atoms with Gasteiger partial charge in [0.2, 0.25) is 11.8 Å². The standard InChI is InChI=1S/C31H37ClN2O3/c1-23-15-17-27(18-16-23)37-19-9-14-29(35)34(22-25-12-8-13-26(32)20-25)28(30(36)33-31(2,3)4)21-24-10-6-5-7-11-24/h5-8,10-13,15-18,20,28H,9,14,19,21-22H2,1-4H3,(H,33,36). The first-order valence-electron chi connectivity index (χ1n) is 12.7. The van der Waals surface area contributed by atoms with Gasteiger partial charge in [-0.25, -0.2) is 0 Å². The summed E-state index contributed by atoms with van der Waals surface area (Å²) in [6.45, 7) is 8.55. The number of benzene rings is 3. The Bertz CT molecular complexity index is 1160. The van der Waals surface area contributed by atoms with Crippen LogP contribution < -0.4 is 10.1 Å². The fourth-order valence-corrected chi connectivity index (χ4v) is 4.24. The van der Waals surface area contributed by atoms with Crippen molar-refractivity contribution >= 4 is 23.4 Å². The highest BCUT2D eigenvalue weighted by molar-refractivity contribution is 6.30. The first-order chi connectivity index (χ1) is 17.6. The number of ether oxygens (including phenoxy) is 1. The SMILES string of the molecule is Cc1ccc(OCCCC(=O)N(Cc2cccc(Cl)c2)C(Cc2ccccc2)C(=O)NC(C)(C)C)cc1. The minimum absolute atomic E-state index is 0.0996. The number of halogens is 1.